The SMILES string of the molecule is COc1cc(C(c2[nH]c3ccccc3c2CC(=O)O)c2[nH]c3ccccc3c2CC(=O)O)ccc1Oc1nc(Nc2ccccc2)nc(Nc2ccccc2)n1. The van der Waals surface area contributed by atoms with Crippen LogP contribution in [0.15, 0.2) is 127 Å². The smallest absolute Gasteiger partial charge is 0.328 e. The third-order valence-electron chi connectivity index (χ3n) is 9.32. The second-order valence-electron chi connectivity index (χ2n) is 13.0. The zero-order valence-corrected chi connectivity index (χ0v) is 30.0. The monoisotopic (exact) mass is 745 g/mol. The largest absolute Gasteiger partial charge is 0.493 e. The van der Waals surface area contributed by atoms with Crippen molar-refractivity contribution in [1.82, 2.24) is 24.9 Å². The van der Waals surface area contributed by atoms with Crippen molar-refractivity contribution in [2.45, 2.75) is 18.8 Å². The molecule has 8 aromatic rings. The van der Waals surface area contributed by atoms with Gasteiger partial charge in [0, 0.05) is 44.6 Å². The summed E-state index contributed by atoms with van der Waals surface area (Å²) in [7, 11) is 1.51. The van der Waals surface area contributed by atoms with Gasteiger partial charge in [0.1, 0.15) is 0 Å². The van der Waals surface area contributed by atoms with E-state index in [0.717, 1.165) is 33.2 Å². The second kappa shape index (κ2) is 15.4. The summed E-state index contributed by atoms with van der Waals surface area (Å²) in [5.74, 6) is -1.58. The summed E-state index contributed by atoms with van der Waals surface area (Å²) in [5, 5.41) is 28.1. The first kappa shape index (κ1) is 35.4. The van der Waals surface area contributed by atoms with Gasteiger partial charge in [-0.3, -0.25) is 9.59 Å². The Kier molecular flexibility index (Phi) is 9.70. The minimum Gasteiger partial charge on any atom is -0.493 e. The van der Waals surface area contributed by atoms with Gasteiger partial charge in [-0.05, 0) is 65.2 Å². The average Bonchev–Trinajstić information content (AvgIpc) is 3.73. The van der Waals surface area contributed by atoms with Gasteiger partial charge in [0.2, 0.25) is 11.9 Å². The number of benzene rings is 5. The molecule has 0 unspecified atom stereocenters. The first-order valence-electron chi connectivity index (χ1n) is 17.7. The average molecular weight is 746 g/mol. The number of carboxylic acids is 2. The van der Waals surface area contributed by atoms with E-state index in [2.05, 4.69) is 35.6 Å². The van der Waals surface area contributed by atoms with E-state index in [1.807, 2.05) is 115 Å². The zero-order valence-electron chi connectivity index (χ0n) is 30.0. The fourth-order valence-corrected chi connectivity index (χ4v) is 6.96. The summed E-state index contributed by atoms with van der Waals surface area (Å²) in [5.41, 5.74) is 6.09. The van der Waals surface area contributed by atoms with Crippen molar-refractivity contribution in [1.29, 1.82) is 0 Å². The Morgan fingerprint density at radius 3 is 1.59 bits per heavy atom. The molecule has 0 atom stereocenters. The van der Waals surface area contributed by atoms with Crippen molar-refractivity contribution in [2.24, 2.45) is 0 Å². The highest BCUT2D eigenvalue weighted by atomic mass is 16.5. The van der Waals surface area contributed by atoms with E-state index in [4.69, 9.17) is 9.47 Å². The predicted octanol–water partition coefficient (Wildman–Crippen LogP) is 8.56. The van der Waals surface area contributed by atoms with Crippen LogP contribution in [0.1, 0.15) is 34.0 Å². The molecule has 0 spiro atoms. The van der Waals surface area contributed by atoms with Crippen molar-refractivity contribution in [3.05, 3.63) is 155 Å². The molecule has 0 amide bonds. The molecule has 3 aromatic heterocycles. The Bertz CT molecular complexity index is 2540. The van der Waals surface area contributed by atoms with Gasteiger partial charge in [0.05, 0.1) is 25.9 Å². The summed E-state index contributed by atoms with van der Waals surface area (Å²) in [6.45, 7) is 0. The topological polar surface area (TPSA) is 187 Å². The van der Waals surface area contributed by atoms with Gasteiger partial charge in [0.15, 0.2) is 11.5 Å². The highest BCUT2D eigenvalue weighted by Gasteiger charge is 2.30. The molecule has 0 bridgehead atoms. The highest BCUT2D eigenvalue weighted by molar-refractivity contribution is 5.91. The van der Waals surface area contributed by atoms with Crippen molar-refractivity contribution in [3.63, 3.8) is 0 Å². The number of hydrogen-bond donors (Lipinski definition) is 6. The van der Waals surface area contributed by atoms with Gasteiger partial charge in [-0.25, -0.2) is 0 Å². The Hall–Kier alpha value is -7.67. The fourth-order valence-electron chi connectivity index (χ4n) is 6.96. The van der Waals surface area contributed by atoms with Crippen LogP contribution < -0.4 is 20.1 Å². The summed E-state index contributed by atoms with van der Waals surface area (Å²) < 4.78 is 12.2. The standard InChI is InChI=1S/C43H35N7O6/c1-55-35-22-25(20-21-34(35)56-43-49-41(44-26-12-4-2-5-13-26)48-42(50-43)45-27-14-6-3-7-15-27)38(39-30(23-36(51)52)28-16-8-10-18-32(28)46-39)40-31(24-37(53)54)29-17-9-11-19-33(29)47-40/h2-22,38,46-47H,23-24H2,1H3,(H,51,52)(H,53,54)(H2,44,45,48,49,50). The lowest BCUT2D eigenvalue weighted by Gasteiger charge is -2.21. The number of aliphatic carboxylic acids is 2. The Morgan fingerprint density at radius 1 is 0.625 bits per heavy atom. The van der Waals surface area contributed by atoms with Crippen LogP contribution in [0.2, 0.25) is 0 Å². The van der Waals surface area contributed by atoms with Crippen LogP contribution >= 0.6 is 0 Å². The molecule has 56 heavy (non-hydrogen) atoms. The third kappa shape index (κ3) is 7.41. The first-order valence-corrected chi connectivity index (χ1v) is 17.7. The van der Waals surface area contributed by atoms with E-state index in [9.17, 15) is 19.8 Å². The van der Waals surface area contributed by atoms with E-state index >= 15 is 0 Å². The Labute approximate surface area is 320 Å². The second-order valence-corrected chi connectivity index (χ2v) is 13.0. The lowest BCUT2D eigenvalue weighted by Crippen LogP contribution is -2.13. The molecule has 6 N–H and O–H groups in total. The number of hydrogen-bond acceptors (Lipinski definition) is 9. The Balaban J connectivity index is 1.25. The molecule has 13 nitrogen and oxygen atoms in total. The number of carboxylic acid groups (broad SMARTS) is 2. The minimum absolute atomic E-state index is 0.0156. The summed E-state index contributed by atoms with van der Waals surface area (Å²) in [6.07, 6.45) is -0.526. The van der Waals surface area contributed by atoms with Crippen LogP contribution in [0.5, 0.6) is 17.5 Å². The van der Waals surface area contributed by atoms with Gasteiger partial charge in [-0.15, -0.1) is 0 Å². The van der Waals surface area contributed by atoms with Gasteiger partial charge < -0.3 is 40.3 Å². The molecule has 13 heteroatoms. The van der Waals surface area contributed by atoms with Crippen molar-refractivity contribution in [3.8, 4) is 17.5 Å². The molecule has 0 saturated carbocycles. The number of methoxy groups -OCH3 is 1. The zero-order chi connectivity index (χ0) is 38.6. The number of rotatable bonds is 14. The number of nitrogens with zero attached hydrogens (tertiary/aromatic N) is 3. The van der Waals surface area contributed by atoms with Crippen LogP contribution in [-0.4, -0.2) is 54.2 Å². The van der Waals surface area contributed by atoms with Gasteiger partial charge in [-0.1, -0.05) is 78.9 Å². The third-order valence-corrected chi connectivity index (χ3v) is 9.32. The van der Waals surface area contributed by atoms with E-state index < -0.39 is 17.9 Å². The summed E-state index contributed by atoms with van der Waals surface area (Å²) in [6, 6.07) is 39.3. The van der Waals surface area contributed by atoms with Crippen molar-refractivity contribution in [2.75, 3.05) is 17.7 Å². The molecule has 0 fully saturated rings. The maximum atomic E-state index is 12.3. The molecule has 0 aliphatic rings. The molecule has 0 aliphatic heterocycles. The van der Waals surface area contributed by atoms with Crippen LogP contribution in [0, 0.1) is 0 Å². The van der Waals surface area contributed by atoms with Gasteiger partial charge in [0.25, 0.3) is 0 Å². The molecule has 0 aliphatic carbocycles. The van der Waals surface area contributed by atoms with Crippen LogP contribution in [-0.2, 0) is 22.4 Å². The number of H-pyrrole nitrogens is 2. The first-order chi connectivity index (χ1) is 27.3. The summed E-state index contributed by atoms with van der Waals surface area (Å²) >= 11 is 0. The molecular weight excluding hydrogens is 711 g/mol. The van der Waals surface area contributed by atoms with Gasteiger partial charge >= 0.3 is 17.9 Å². The number of anilines is 4. The Morgan fingerprint density at radius 2 is 1.11 bits per heavy atom. The summed E-state index contributed by atoms with van der Waals surface area (Å²) in [4.78, 5) is 45.3. The molecule has 5 aromatic carbocycles. The lowest BCUT2D eigenvalue weighted by molar-refractivity contribution is -0.137. The normalized spacial score (nSPS) is 11.2. The highest BCUT2D eigenvalue weighted by Crippen LogP contribution is 2.43. The molecule has 0 saturated heterocycles. The number of aromatic amines is 2. The van der Waals surface area contributed by atoms with E-state index in [1.165, 1.54) is 7.11 Å². The number of para-hydroxylation sites is 4. The van der Waals surface area contributed by atoms with Gasteiger partial charge in [-0.2, -0.15) is 15.0 Å². The maximum absolute atomic E-state index is 12.3. The number of fused-ring (bicyclic) bond motifs is 2. The van der Waals surface area contributed by atoms with Crippen LogP contribution in [0.25, 0.3) is 21.8 Å². The fraction of sp³-hybridized carbons (Fsp3) is 0.0930. The number of carbonyl (C=O) groups is 2. The van der Waals surface area contributed by atoms with E-state index in [1.54, 1.807) is 12.1 Å². The van der Waals surface area contributed by atoms with Crippen LogP contribution in [0.3, 0.4) is 0 Å². The molecule has 0 radical (unpaired) electrons. The predicted molar refractivity (Wildman–Crippen MR) is 213 cm³/mol. The molecule has 278 valence electrons. The quantitative estimate of drug-likeness (QED) is 0.0626. The van der Waals surface area contributed by atoms with Crippen molar-refractivity contribution < 1.29 is 29.3 Å². The number of nitrogens with one attached hydrogen (secondary N) is 4. The molecule has 8 rings (SSSR count). The van der Waals surface area contributed by atoms with Crippen molar-refractivity contribution >= 4 is 57.0 Å². The maximum Gasteiger partial charge on any atom is 0.328 e. The molecular formula is C43H35N7O6. The minimum atomic E-state index is -1.00. The van der Waals surface area contributed by atoms with E-state index in [0.29, 0.717) is 39.6 Å². The lowest BCUT2D eigenvalue weighted by atomic mass is 9.86. The van der Waals surface area contributed by atoms with E-state index in [-0.39, 0.29) is 30.7 Å². The number of aromatic nitrogens is 5. The molecule has 3 heterocycles. The van der Waals surface area contributed by atoms with Crippen LogP contribution in [0.4, 0.5) is 23.3 Å². The number of ether oxygens (including phenoxy) is 2.